The van der Waals surface area contributed by atoms with E-state index < -0.39 is 0 Å². The first kappa shape index (κ1) is 3.71. The quantitative estimate of drug-likeness (QED) is 0.419. The van der Waals surface area contributed by atoms with Gasteiger partial charge in [0.1, 0.15) is 0 Å². The van der Waals surface area contributed by atoms with Crippen LogP contribution in [0.2, 0.25) is 0 Å². The summed E-state index contributed by atoms with van der Waals surface area (Å²) < 4.78 is 7.50. The summed E-state index contributed by atoms with van der Waals surface area (Å²) >= 11 is 0. The van der Waals surface area contributed by atoms with Crippen molar-refractivity contribution in [2.45, 2.75) is 25.7 Å². The minimum absolute atomic E-state index is 0.278. The van der Waals surface area contributed by atoms with Crippen LogP contribution in [0.4, 0.5) is 0 Å². The molecule has 0 amide bonds. The van der Waals surface area contributed by atoms with E-state index in [4.69, 9.17) is 1.37 Å². The van der Waals surface area contributed by atoms with Crippen LogP contribution in [0.25, 0.3) is 0 Å². The standard InChI is InChI=1S/C8H12/c1-2-4-8-6-5-7(8)3-1/h1,3,7-8H,2,4-6H2/t7-,8+/m0/s1/i6D/t6-,7+,8-/m1. The fourth-order valence-electron chi connectivity index (χ4n) is 1.60. The van der Waals surface area contributed by atoms with E-state index in [9.17, 15) is 0 Å². The minimum Gasteiger partial charge on any atom is -0.0882 e. The fraction of sp³-hybridized carbons (Fsp3) is 0.750. The second-order valence-corrected chi connectivity index (χ2v) is 2.80. The maximum absolute atomic E-state index is 7.50. The Morgan fingerprint density at radius 1 is 1.50 bits per heavy atom. The Morgan fingerprint density at radius 3 is 3.12 bits per heavy atom. The molecule has 0 radical (unpaired) electrons. The maximum atomic E-state index is 7.50. The highest BCUT2D eigenvalue weighted by Crippen LogP contribution is 2.40. The zero-order valence-corrected chi connectivity index (χ0v) is 5.01. The van der Waals surface area contributed by atoms with Crippen molar-refractivity contribution in [3.63, 3.8) is 0 Å². The lowest BCUT2D eigenvalue weighted by molar-refractivity contribution is 0.203. The summed E-state index contributed by atoms with van der Waals surface area (Å²) in [4.78, 5) is 0. The van der Waals surface area contributed by atoms with E-state index in [-0.39, 0.29) is 6.40 Å². The third-order valence-corrected chi connectivity index (χ3v) is 2.31. The van der Waals surface area contributed by atoms with Crippen LogP contribution in [0, 0.1) is 11.8 Å². The van der Waals surface area contributed by atoms with Crippen molar-refractivity contribution in [3.05, 3.63) is 12.2 Å². The van der Waals surface area contributed by atoms with Crippen LogP contribution in [-0.4, -0.2) is 0 Å². The molecule has 0 bridgehead atoms. The molecule has 2 aliphatic rings. The Labute approximate surface area is 52.0 Å². The van der Waals surface area contributed by atoms with E-state index in [0.29, 0.717) is 0 Å². The molecule has 0 aromatic carbocycles. The second-order valence-electron chi connectivity index (χ2n) is 2.80. The van der Waals surface area contributed by atoms with Gasteiger partial charge in [-0.05, 0) is 37.5 Å². The number of hydrogen-bond donors (Lipinski definition) is 0. The van der Waals surface area contributed by atoms with E-state index in [2.05, 4.69) is 12.2 Å². The molecule has 0 aromatic heterocycles. The van der Waals surface area contributed by atoms with Gasteiger partial charge in [-0.1, -0.05) is 12.2 Å². The zero-order valence-electron chi connectivity index (χ0n) is 6.01. The molecule has 2 aliphatic carbocycles. The van der Waals surface area contributed by atoms with E-state index in [1.165, 1.54) is 12.8 Å². The molecular formula is C8H12. The number of hydrogen-bond acceptors (Lipinski definition) is 0. The average molecular weight is 109 g/mol. The number of rotatable bonds is 0. The molecule has 44 valence electrons. The normalized spacial score (nSPS) is 54.0. The predicted molar refractivity (Wildman–Crippen MR) is 34.6 cm³/mol. The van der Waals surface area contributed by atoms with Crippen LogP contribution in [-0.2, 0) is 0 Å². The summed E-state index contributed by atoms with van der Waals surface area (Å²) in [6.45, 7) is 0. The van der Waals surface area contributed by atoms with Gasteiger partial charge in [0.25, 0.3) is 0 Å². The van der Waals surface area contributed by atoms with Crippen molar-refractivity contribution in [1.29, 1.82) is 0 Å². The van der Waals surface area contributed by atoms with Gasteiger partial charge in [-0.3, -0.25) is 0 Å². The lowest BCUT2D eigenvalue weighted by Gasteiger charge is -2.36. The molecule has 8 heavy (non-hydrogen) atoms. The molecule has 0 spiro atoms. The lowest BCUT2D eigenvalue weighted by Crippen LogP contribution is -2.25. The SMILES string of the molecule is [2H][C@@H]1C[C@@H]2C=CCC[C@H]12. The molecule has 0 heterocycles. The van der Waals surface area contributed by atoms with Gasteiger partial charge in [0, 0.05) is 1.37 Å². The van der Waals surface area contributed by atoms with Crippen LogP contribution in [0.15, 0.2) is 12.2 Å². The molecule has 1 saturated carbocycles. The van der Waals surface area contributed by atoms with Crippen LogP contribution in [0.3, 0.4) is 0 Å². The predicted octanol–water partition coefficient (Wildman–Crippen LogP) is 2.36. The van der Waals surface area contributed by atoms with Gasteiger partial charge in [-0.2, -0.15) is 0 Å². The van der Waals surface area contributed by atoms with Crippen molar-refractivity contribution in [1.82, 2.24) is 0 Å². The lowest BCUT2D eigenvalue weighted by atomic mass is 9.69. The molecule has 2 rings (SSSR count). The van der Waals surface area contributed by atoms with Gasteiger partial charge in [-0.25, -0.2) is 0 Å². The van der Waals surface area contributed by atoms with Gasteiger partial charge < -0.3 is 0 Å². The van der Waals surface area contributed by atoms with E-state index in [1.807, 2.05) is 0 Å². The Bertz CT molecular complexity index is 140. The first-order valence-corrected chi connectivity index (χ1v) is 3.47. The Hall–Kier alpha value is -0.260. The third kappa shape index (κ3) is 0.521. The summed E-state index contributed by atoms with van der Waals surface area (Å²) in [5.74, 6) is 1.52. The Kier molecular flexibility index (Phi) is 0.746. The molecule has 0 aliphatic heterocycles. The highest BCUT2D eigenvalue weighted by molar-refractivity contribution is 5.01. The number of fused-ring (bicyclic) bond motifs is 1. The highest BCUT2D eigenvalue weighted by Gasteiger charge is 2.29. The minimum atomic E-state index is 0.278. The Morgan fingerprint density at radius 2 is 2.50 bits per heavy atom. The molecule has 0 nitrogen and oxygen atoms in total. The largest absolute Gasteiger partial charge is 0.0882 e. The molecule has 0 N–H and O–H groups in total. The summed E-state index contributed by atoms with van der Waals surface area (Å²) in [5, 5.41) is 0. The number of allylic oxidation sites excluding steroid dienone is 2. The topological polar surface area (TPSA) is 0 Å². The third-order valence-electron chi connectivity index (χ3n) is 2.31. The second kappa shape index (κ2) is 1.61. The van der Waals surface area contributed by atoms with Crippen molar-refractivity contribution < 1.29 is 1.37 Å². The van der Waals surface area contributed by atoms with E-state index >= 15 is 0 Å². The van der Waals surface area contributed by atoms with Gasteiger partial charge in [0.15, 0.2) is 0 Å². The van der Waals surface area contributed by atoms with Crippen LogP contribution >= 0.6 is 0 Å². The van der Waals surface area contributed by atoms with Gasteiger partial charge in [0.05, 0.1) is 0 Å². The molecular weight excluding hydrogens is 96.1 g/mol. The smallest absolute Gasteiger partial charge is 0.0270 e. The maximum Gasteiger partial charge on any atom is 0.0270 e. The highest BCUT2D eigenvalue weighted by atomic mass is 14.3. The van der Waals surface area contributed by atoms with Crippen molar-refractivity contribution >= 4 is 0 Å². The zero-order chi connectivity index (χ0) is 6.27. The molecule has 0 aromatic rings. The van der Waals surface area contributed by atoms with Gasteiger partial charge in [-0.15, -0.1) is 0 Å². The average Bonchev–Trinajstić information content (AvgIpc) is 1.86. The van der Waals surface area contributed by atoms with Crippen LogP contribution < -0.4 is 0 Å². The summed E-state index contributed by atoms with van der Waals surface area (Å²) in [5.41, 5.74) is 0. The fourth-order valence-corrected chi connectivity index (χ4v) is 1.60. The summed E-state index contributed by atoms with van der Waals surface area (Å²) in [6, 6.07) is 0. The summed E-state index contributed by atoms with van der Waals surface area (Å²) in [6.07, 6.45) is 8.47. The van der Waals surface area contributed by atoms with Gasteiger partial charge >= 0.3 is 0 Å². The summed E-state index contributed by atoms with van der Waals surface area (Å²) in [7, 11) is 0. The molecule has 0 saturated heterocycles. The van der Waals surface area contributed by atoms with Crippen molar-refractivity contribution in [3.8, 4) is 0 Å². The van der Waals surface area contributed by atoms with Crippen LogP contribution in [0.1, 0.15) is 27.0 Å². The Balaban J connectivity index is 2.06. The van der Waals surface area contributed by atoms with Crippen LogP contribution in [0.5, 0.6) is 0 Å². The molecule has 0 unspecified atom stereocenters. The van der Waals surface area contributed by atoms with Gasteiger partial charge in [0.2, 0.25) is 0 Å². The molecule has 1 fully saturated rings. The first-order chi connectivity index (χ1) is 4.38. The van der Waals surface area contributed by atoms with Crippen molar-refractivity contribution in [2.75, 3.05) is 0 Å². The van der Waals surface area contributed by atoms with E-state index in [1.54, 1.807) is 0 Å². The molecule has 3 atom stereocenters. The van der Waals surface area contributed by atoms with Crippen molar-refractivity contribution in [2.24, 2.45) is 11.8 Å². The van der Waals surface area contributed by atoms with E-state index in [0.717, 1.165) is 18.3 Å². The molecule has 0 heteroatoms. The first-order valence-electron chi connectivity index (χ1n) is 4.04. The monoisotopic (exact) mass is 109 g/mol.